The number of nitrogens with two attached hydrogens (primary N) is 1. The fourth-order valence-electron chi connectivity index (χ4n) is 4.17. The molecule has 3 atom stereocenters. The Kier molecular flexibility index (Phi) is 7.34. The minimum Gasteiger partial charge on any atom is -0.370 e. The summed E-state index contributed by atoms with van der Waals surface area (Å²) in [6, 6.07) is 1.18. The maximum atomic E-state index is 11.2. The van der Waals surface area contributed by atoms with Crippen LogP contribution in [0.5, 0.6) is 0 Å². The average molecular weight is 338 g/mol. The molecule has 2 rings (SSSR count). The molecule has 2 fully saturated rings. The van der Waals surface area contributed by atoms with E-state index in [1.807, 2.05) is 7.05 Å². The van der Waals surface area contributed by atoms with Crippen LogP contribution in [0.2, 0.25) is 0 Å². The second-order valence-corrected chi connectivity index (χ2v) is 7.48. The molecule has 0 bridgehead atoms. The Balaban J connectivity index is 1.84. The summed E-state index contributed by atoms with van der Waals surface area (Å²) in [5.41, 5.74) is 5.36. The molecule has 0 aromatic rings. The van der Waals surface area contributed by atoms with Gasteiger partial charge in [0.25, 0.3) is 0 Å². The molecule has 6 nitrogen and oxygen atoms in total. The zero-order valence-corrected chi connectivity index (χ0v) is 15.6. The molecule has 3 N–H and O–H groups in total. The van der Waals surface area contributed by atoms with E-state index in [0.717, 1.165) is 38.4 Å². The quantitative estimate of drug-likeness (QED) is 0.588. The van der Waals surface area contributed by atoms with Crippen LogP contribution in [0.1, 0.15) is 52.4 Å². The first-order valence-electron chi connectivity index (χ1n) is 9.51. The highest BCUT2D eigenvalue weighted by molar-refractivity contribution is 5.80. The zero-order chi connectivity index (χ0) is 17.5. The van der Waals surface area contributed by atoms with Crippen molar-refractivity contribution < 1.29 is 4.79 Å². The van der Waals surface area contributed by atoms with Crippen LogP contribution in [0.3, 0.4) is 0 Å². The van der Waals surface area contributed by atoms with Gasteiger partial charge < -0.3 is 16.0 Å². The van der Waals surface area contributed by atoms with E-state index in [2.05, 4.69) is 34.0 Å². The minimum absolute atomic E-state index is 0.197. The van der Waals surface area contributed by atoms with Gasteiger partial charge in [-0.25, -0.2) is 0 Å². The molecule has 1 amide bonds. The molecule has 24 heavy (non-hydrogen) atoms. The second kappa shape index (κ2) is 9.25. The molecule has 138 valence electrons. The smallest absolute Gasteiger partial charge is 0.217 e. The lowest BCUT2D eigenvalue weighted by Gasteiger charge is -2.39. The summed E-state index contributed by atoms with van der Waals surface area (Å²) in [5, 5.41) is 3.55. The number of carbonyl (C=O) groups is 1. The third-order valence-corrected chi connectivity index (χ3v) is 5.50. The molecule has 2 aliphatic heterocycles. The highest BCUT2D eigenvalue weighted by Crippen LogP contribution is 2.20. The molecule has 0 radical (unpaired) electrons. The van der Waals surface area contributed by atoms with E-state index < -0.39 is 0 Å². The standard InChI is InChI=1S/C18H35N5O/c1-14-7-4-5-10-23(14)15(2)12-21-18(20-3)22-9-6-8-16(13-22)11-17(19)24/h14-16H,4-13H2,1-3H3,(H2,19,24)(H,20,21). The molecule has 0 aromatic carbocycles. The maximum absolute atomic E-state index is 11.2. The summed E-state index contributed by atoms with van der Waals surface area (Å²) in [7, 11) is 1.84. The molecule has 0 aliphatic carbocycles. The predicted molar refractivity (Wildman–Crippen MR) is 99.0 cm³/mol. The van der Waals surface area contributed by atoms with Crippen molar-refractivity contribution in [1.29, 1.82) is 0 Å². The van der Waals surface area contributed by atoms with Crippen molar-refractivity contribution in [2.75, 3.05) is 33.2 Å². The third-order valence-electron chi connectivity index (χ3n) is 5.50. The van der Waals surface area contributed by atoms with Gasteiger partial charge in [-0.3, -0.25) is 14.7 Å². The molecular weight excluding hydrogens is 302 g/mol. The van der Waals surface area contributed by atoms with Gasteiger partial charge in [0.15, 0.2) is 5.96 Å². The Morgan fingerprint density at radius 2 is 2.08 bits per heavy atom. The lowest BCUT2D eigenvalue weighted by atomic mass is 9.95. The minimum atomic E-state index is -0.197. The zero-order valence-electron chi connectivity index (χ0n) is 15.6. The van der Waals surface area contributed by atoms with Gasteiger partial charge >= 0.3 is 0 Å². The van der Waals surface area contributed by atoms with E-state index in [4.69, 9.17) is 5.73 Å². The molecule has 2 saturated heterocycles. The lowest BCUT2D eigenvalue weighted by molar-refractivity contribution is -0.119. The van der Waals surface area contributed by atoms with Crippen LogP contribution in [-0.2, 0) is 4.79 Å². The van der Waals surface area contributed by atoms with Crippen LogP contribution in [0.15, 0.2) is 4.99 Å². The first-order chi connectivity index (χ1) is 11.5. The normalized spacial score (nSPS) is 27.8. The van der Waals surface area contributed by atoms with Crippen molar-refractivity contribution in [3.8, 4) is 0 Å². The molecule has 6 heteroatoms. The number of nitrogens with one attached hydrogen (secondary N) is 1. The van der Waals surface area contributed by atoms with E-state index in [1.54, 1.807) is 0 Å². The topological polar surface area (TPSA) is 74.0 Å². The fraction of sp³-hybridized carbons (Fsp3) is 0.889. The number of aliphatic imine (C=N–C) groups is 1. The van der Waals surface area contributed by atoms with Crippen molar-refractivity contribution in [1.82, 2.24) is 15.1 Å². The first kappa shape index (κ1) is 19.0. The molecular formula is C18H35N5O. The Morgan fingerprint density at radius 1 is 1.29 bits per heavy atom. The Bertz CT molecular complexity index is 439. The van der Waals surface area contributed by atoms with Gasteiger partial charge in [-0.2, -0.15) is 0 Å². The highest BCUT2D eigenvalue weighted by atomic mass is 16.1. The van der Waals surface area contributed by atoms with Crippen LogP contribution in [0.25, 0.3) is 0 Å². The van der Waals surface area contributed by atoms with E-state index >= 15 is 0 Å². The molecule has 2 aliphatic rings. The molecule has 3 unspecified atom stereocenters. The fourth-order valence-corrected chi connectivity index (χ4v) is 4.17. The summed E-state index contributed by atoms with van der Waals surface area (Å²) < 4.78 is 0. The van der Waals surface area contributed by atoms with Crippen molar-refractivity contribution in [2.45, 2.75) is 64.5 Å². The van der Waals surface area contributed by atoms with Gasteiger partial charge in [-0.15, -0.1) is 0 Å². The predicted octanol–water partition coefficient (Wildman–Crippen LogP) is 1.41. The first-order valence-corrected chi connectivity index (χ1v) is 9.51. The Labute approximate surface area is 146 Å². The van der Waals surface area contributed by atoms with Crippen molar-refractivity contribution in [3.05, 3.63) is 0 Å². The number of carbonyl (C=O) groups excluding carboxylic acids is 1. The average Bonchev–Trinajstić information content (AvgIpc) is 2.55. The third kappa shape index (κ3) is 5.36. The number of rotatable bonds is 5. The Hall–Kier alpha value is -1.30. The number of likely N-dealkylation sites (tertiary alicyclic amines) is 2. The summed E-state index contributed by atoms with van der Waals surface area (Å²) in [6.07, 6.45) is 6.63. The van der Waals surface area contributed by atoms with Gasteiger partial charge in [0.1, 0.15) is 0 Å². The van der Waals surface area contributed by atoms with Crippen molar-refractivity contribution in [3.63, 3.8) is 0 Å². The summed E-state index contributed by atoms with van der Waals surface area (Å²) in [6.45, 7) is 8.62. The van der Waals surface area contributed by atoms with Crippen LogP contribution in [0.4, 0.5) is 0 Å². The monoisotopic (exact) mass is 337 g/mol. The van der Waals surface area contributed by atoms with Crippen molar-refractivity contribution >= 4 is 11.9 Å². The number of hydrogen-bond acceptors (Lipinski definition) is 3. The van der Waals surface area contributed by atoms with Crippen LogP contribution in [0, 0.1) is 5.92 Å². The number of primary amides is 1. The molecule has 2 heterocycles. The highest BCUT2D eigenvalue weighted by Gasteiger charge is 2.26. The van der Waals surface area contributed by atoms with E-state index in [0.29, 0.717) is 24.4 Å². The number of nitrogens with zero attached hydrogens (tertiary/aromatic N) is 3. The van der Waals surface area contributed by atoms with E-state index in [1.165, 1.54) is 25.8 Å². The van der Waals surface area contributed by atoms with Gasteiger partial charge in [0.2, 0.25) is 5.91 Å². The van der Waals surface area contributed by atoms with E-state index in [9.17, 15) is 4.79 Å². The SMILES string of the molecule is CN=C(NCC(C)N1CCCCC1C)N1CCCC(CC(N)=O)C1. The maximum Gasteiger partial charge on any atom is 0.217 e. The summed E-state index contributed by atoms with van der Waals surface area (Å²) in [5.74, 6) is 1.12. The summed E-state index contributed by atoms with van der Waals surface area (Å²) >= 11 is 0. The molecule has 0 saturated carbocycles. The lowest BCUT2D eigenvalue weighted by Crippen LogP contribution is -2.52. The largest absolute Gasteiger partial charge is 0.370 e. The van der Waals surface area contributed by atoms with Crippen LogP contribution < -0.4 is 11.1 Å². The van der Waals surface area contributed by atoms with Crippen LogP contribution >= 0.6 is 0 Å². The van der Waals surface area contributed by atoms with Crippen molar-refractivity contribution in [2.24, 2.45) is 16.6 Å². The molecule has 0 spiro atoms. The molecule has 0 aromatic heterocycles. The number of hydrogen-bond donors (Lipinski definition) is 2. The number of amides is 1. The second-order valence-electron chi connectivity index (χ2n) is 7.48. The van der Waals surface area contributed by atoms with Gasteiger partial charge in [0, 0.05) is 45.2 Å². The number of guanidine groups is 1. The van der Waals surface area contributed by atoms with Gasteiger partial charge in [-0.05, 0) is 52.0 Å². The van der Waals surface area contributed by atoms with Gasteiger partial charge in [-0.1, -0.05) is 6.42 Å². The summed E-state index contributed by atoms with van der Waals surface area (Å²) in [4.78, 5) is 20.5. The van der Waals surface area contributed by atoms with E-state index in [-0.39, 0.29) is 5.91 Å². The Morgan fingerprint density at radius 3 is 2.75 bits per heavy atom. The number of piperidine rings is 2. The van der Waals surface area contributed by atoms with Gasteiger partial charge in [0.05, 0.1) is 0 Å². The van der Waals surface area contributed by atoms with Crippen LogP contribution in [-0.4, -0.2) is 67.0 Å².